The largest absolute Gasteiger partial charge is 0.497 e. The number of ether oxygens (including phenoxy) is 2. The predicted molar refractivity (Wildman–Crippen MR) is 108 cm³/mol. The Morgan fingerprint density at radius 1 is 1.14 bits per heavy atom. The van der Waals surface area contributed by atoms with Crippen molar-refractivity contribution in [3.63, 3.8) is 0 Å². The fraction of sp³-hybridized carbons (Fsp3) is 0.333. The molecule has 1 heterocycles. The molecule has 2 N–H and O–H groups in total. The van der Waals surface area contributed by atoms with Crippen LogP contribution in [-0.2, 0) is 9.59 Å². The van der Waals surface area contributed by atoms with Crippen LogP contribution in [0.5, 0.6) is 11.5 Å². The van der Waals surface area contributed by atoms with E-state index in [9.17, 15) is 9.59 Å². The fourth-order valence-electron chi connectivity index (χ4n) is 3.38. The van der Waals surface area contributed by atoms with Crippen molar-refractivity contribution in [3.05, 3.63) is 48.0 Å². The molecule has 0 aromatic heterocycles. The average Bonchev–Trinajstić information content (AvgIpc) is 2.71. The Morgan fingerprint density at radius 3 is 2.61 bits per heavy atom. The topological polar surface area (TPSA) is 79.9 Å². The molecule has 0 radical (unpaired) electrons. The van der Waals surface area contributed by atoms with E-state index in [0.717, 1.165) is 5.56 Å². The van der Waals surface area contributed by atoms with Crippen LogP contribution in [0.25, 0.3) is 0 Å². The average molecular weight is 383 g/mol. The molecule has 7 nitrogen and oxygen atoms in total. The highest BCUT2D eigenvalue weighted by atomic mass is 16.5. The van der Waals surface area contributed by atoms with E-state index in [1.807, 2.05) is 43.3 Å². The monoisotopic (exact) mass is 383 g/mol. The third kappa shape index (κ3) is 3.94. The lowest BCUT2D eigenvalue weighted by molar-refractivity contribution is -0.123. The number of para-hydroxylation sites is 2. The molecule has 0 spiro atoms. The van der Waals surface area contributed by atoms with Gasteiger partial charge in [0.25, 0.3) is 0 Å². The van der Waals surface area contributed by atoms with Gasteiger partial charge < -0.3 is 14.8 Å². The summed E-state index contributed by atoms with van der Waals surface area (Å²) >= 11 is 0. The lowest BCUT2D eigenvalue weighted by Crippen LogP contribution is -2.50. The third-order valence-electron chi connectivity index (χ3n) is 4.81. The molecular weight excluding hydrogens is 358 g/mol. The molecule has 0 fully saturated rings. The minimum atomic E-state index is -0.509. The van der Waals surface area contributed by atoms with Crippen molar-refractivity contribution in [1.82, 2.24) is 5.32 Å². The van der Waals surface area contributed by atoms with Gasteiger partial charge in [-0.1, -0.05) is 12.1 Å². The molecule has 7 heteroatoms. The Hall–Kier alpha value is -3.06. The van der Waals surface area contributed by atoms with Crippen molar-refractivity contribution in [3.8, 4) is 11.5 Å². The Kier molecular flexibility index (Phi) is 5.84. The maximum absolute atomic E-state index is 13.1. The number of anilines is 2. The van der Waals surface area contributed by atoms with Gasteiger partial charge in [-0.15, -0.1) is 0 Å². The number of rotatable bonds is 6. The molecule has 0 bridgehead atoms. The summed E-state index contributed by atoms with van der Waals surface area (Å²) in [5.74, 6) is 1.05. The zero-order valence-electron chi connectivity index (χ0n) is 16.5. The first kappa shape index (κ1) is 19.7. The number of hydrogen-bond donors (Lipinski definition) is 2. The molecule has 1 aliphatic rings. The molecule has 2 aromatic carbocycles. The Morgan fingerprint density at radius 2 is 1.89 bits per heavy atom. The van der Waals surface area contributed by atoms with Gasteiger partial charge in [0.05, 0.1) is 31.6 Å². The van der Waals surface area contributed by atoms with E-state index in [4.69, 9.17) is 9.47 Å². The van der Waals surface area contributed by atoms with Crippen LogP contribution in [0.3, 0.4) is 0 Å². The van der Waals surface area contributed by atoms with Crippen LogP contribution in [0, 0.1) is 0 Å². The maximum atomic E-state index is 13.1. The number of amides is 2. The molecule has 3 rings (SSSR count). The Balaban J connectivity index is 1.79. The highest BCUT2D eigenvalue weighted by molar-refractivity contribution is 6.11. The maximum Gasteiger partial charge on any atom is 0.244 e. The second-order valence-electron chi connectivity index (χ2n) is 6.71. The molecule has 1 aliphatic heterocycles. The number of carbonyl (C=O) groups excluding carboxylic acids is 2. The van der Waals surface area contributed by atoms with E-state index < -0.39 is 6.04 Å². The molecule has 2 atom stereocenters. The minimum Gasteiger partial charge on any atom is -0.497 e. The normalized spacial score (nSPS) is 15.3. The van der Waals surface area contributed by atoms with Crippen LogP contribution in [0.15, 0.2) is 42.5 Å². The molecule has 0 aliphatic carbocycles. The molecule has 0 saturated heterocycles. The summed E-state index contributed by atoms with van der Waals surface area (Å²) in [6.45, 7) is 3.75. The molecule has 28 heavy (non-hydrogen) atoms. The van der Waals surface area contributed by atoms with Crippen molar-refractivity contribution in [2.45, 2.75) is 25.9 Å². The number of benzene rings is 2. The second kappa shape index (κ2) is 8.31. The summed E-state index contributed by atoms with van der Waals surface area (Å²) in [5, 5.41) is 6.10. The summed E-state index contributed by atoms with van der Waals surface area (Å²) < 4.78 is 10.7. The smallest absolute Gasteiger partial charge is 0.244 e. The van der Waals surface area contributed by atoms with Gasteiger partial charge in [-0.2, -0.15) is 0 Å². The molecule has 2 aromatic rings. The number of hydrogen-bond acceptors (Lipinski definition) is 5. The lowest BCUT2D eigenvalue weighted by Gasteiger charge is -2.32. The van der Waals surface area contributed by atoms with Crippen LogP contribution in [0.1, 0.15) is 25.5 Å². The molecule has 2 amide bonds. The van der Waals surface area contributed by atoms with Gasteiger partial charge in [-0.05, 0) is 44.2 Å². The highest BCUT2D eigenvalue weighted by Crippen LogP contribution is 2.31. The van der Waals surface area contributed by atoms with E-state index in [0.29, 0.717) is 22.9 Å². The van der Waals surface area contributed by atoms with Crippen molar-refractivity contribution in [1.29, 1.82) is 0 Å². The lowest BCUT2D eigenvalue weighted by atomic mass is 10.0. The number of carbonyl (C=O) groups is 2. The van der Waals surface area contributed by atoms with Crippen molar-refractivity contribution in [2.24, 2.45) is 0 Å². The van der Waals surface area contributed by atoms with E-state index in [1.54, 1.807) is 27.2 Å². The molecule has 0 unspecified atom stereocenters. The summed E-state index contributed by atoms with van der Waals surface area (Å²) in [6.07, 6.45) is 0. The molecule has 0 saturated carbocycles. The minimum absolute atomic E-state index is 0.00126. The summed E-state index contributed by atoms with van der Waals surface area (Å²) in [4.78, 5) is 26.6. The van der Waals surface area contributed by atoms with E-state index in [2.05, 4.69) is 10.6 Å². The summed E-state index contributed by atoms with van der Waals surface area (Å²) in [6, 6.07) is 12.2. The van der Waals surface area contributed by atoms with Crippen molar-refractivity contribution < 1.29 is 19.1 Å². The van der Waals surface area contributed by atoms with Crippen LogP contribution in [-0.4, -0.2) is 38.6 Å². The fourth-order valence-corrected chi connectivity index (χ4v) is 3.38. The van der Waals surface area contributed by atoms with Gasteiger partial charge in [0, 0.05) is 11.6 Å². The molecular formula is C21H25N3O4. The van der Waals surface area contributed by atoms with E-state index in [1.165, 1.54) is 4.90 Å². The Labute approximate surface area is 164 Å². The van der Waals surface area contributed by atoms with Crippen LogP contribution in [0.2, 0.25) is 0 Å². The summed E-state index contributed by atoms with van der Waals surface area (Å²) in [7, 11) is 3.21. The SMILES string of the molecule is COc1ccc(OC)c([C@H](C)N[C@H](C)C(=O)N2CC(=O)Nc3ccccc32)c1. The van der Waals surface area contributed by atoms with Gasteiger partial charge in [0.1, 0.15) is 18.0 Å². The standard InChI is InChI=1S/C21H25N3O4/c1-13(16-11-15(27-3)9-10-19(16)28-4)22-14(2)21(26)24-12-20(25)23-17-7-5-6-8-18(17)24/h5-11,13-14,22H,12H2,1-4H3,(H,23,25)/t13-,14+/m0/s1. The molecule has 148 valence electrons. The van der Waals surface area contributed by atoms with Crippen LogP contribution in [0.4, 0.5) is 11.4 Å². The van der Waals surface area contributed by atoms with Gasteiger partial charge >= 0.3 is 0 Å². The van der Waals surface area contributed by atoms with Crippen molar-refractivity contribution >= 4 is 23.2 Å². The van der Waals surface area contributed by atoms with E-state index >= 15 is 0 Å². The van der Waals surface area contributed by atoms with Crippen LogP contribution >= 0.6 is 0 Å². The third-order valence-corrected chi connectivity index (χ3v) is 4.81. The zero-order valence-corrected chi connectivity index (χ0v) is 16.5. The number of fused-ring (bicyclic) bond motifs is 1. The van der Waals surface area contributed by atoms with Crippen LogP contribution < -0.4 is 25.0 Å². The van der Waals surface area contributed by atoms with Gasteiger partial charge in [0.2, 0.25) is 11.8 Å². The van der Waals surface area contributed by atoms with Gasteiger partial charge in [-0.25, -0.2) is 0 Å². The number of nitrogens with one attached hydrogen (secondary N) is 2. The zero-order chi connectivity index (χ0) is 20.3. The highest BCUT2D eigenvalue weighted by Gasteiger charge is 2.30. The second-order valence-corrected chi connectivity index (χ2v) is 6.71. The predicted octanol–water partition coefficient (Wildman–Crippen LogP) is 2.73. The van der Waals surface area contributed by atoms with Gasteiger partial charge in [0.15, 0.2) is 0 Å². The van der Waals surface area contributed by atoms with Gasteiger partial charge in [-0.3, -0.25) is 19.8 Å². The summed E-state index contributed by atoms with van der Waals surface area (Å²) in [5.41, 5.74) is 2.23. The first-order valence-electron chi connectivity index (χ1n) is 9.12. The number of nitrogens with zero attached hydrogens (tertiary/aromatic N) is 1. The number of methoxy groups -OCH3 is 2. The quantitative estimate of drug-likeness (QED) is 0.802. The first-order chi connectivity index (χ1) is 13.4. The van der Waals surface area contributed by atoms with Crippen molar-refractivity contribution in [2.75, 3.05) is 31.0 Å². The first-order valence-corrected chi connectivity index (χ1v) is 9.12. The van der Waals surface area contributed by atoms with E-state index in [-0.39, 0.29) is 24.4 Å². The Bertz CT molecular complexity index is 884.